The van der Waals surface area contributed by atoms with Crippen LogP contribution in [0.5, 0.6) is 0 Å². The van der Waals surface area contributed by atoms with Crippen LogP contribution in [0.2, 0.25) is 0 Å². The molecule has 4 atom stereocenters. The van der Waals surface area contributed by atoms with E-state index in [0.29, 0.717) is 0 Å². The molecule has 0 unspecified atom stereocenters. The summed E-state index contributed by atoms with van der Waals surface area (Å²) in [6.07, 6.45) is 9.36. The van der Waals surface area contributed by atoms with Crippen molar-refractivity contribution in [2.24, 2.45) is 17.3 Å². The Morgan fingerprint density at radius 3 is 2.53 bits per heavy atom. The molecule has 0 radical (unpaired) electrons. The molecule has 36 heavy (non-hydrogen) atoms. The quantitative estimate of drug-likeness (QED) is 0.359. The molecule has 1 heterocycles. The van der Waals surface area contributed by atoms with Gasteiger partial charge in [0.1, 0.15) is 5.82 Å². The van der Waals surface area contributed by atoms with Crippen molar-refractivity contribution in [2.75, 3.05) is 0 Å². The van der Waals surface area contributed by atoms with E-state index in [1.165, 1.54) is 29.7 Å². The van der Waals surface area contributed by atoms with Crippen molar-refractivity contribution in [3.8, 4) is 5.69 Å². The zero-order valence-corrected chi connectivity index (χ0v) is 20.6. The zero-order valence-electron chi connectivity index (χ0n) is 20.6. The van der Waals surface area contributed by atoms with Crippen molar-refractivity contribution in [3.05, 3.63) is 64.8 Å². The first-order valence-electron chi connectivity index (χ1n) is 13.3. The van der Waals surface area contributed by atoms with Crippen molar-refractivity contribution in [3.63, 3.8) is 0 Å². The third-order valence-corrected chi connectivity index (χ3v) is 9.19. The summed E-state index contributed by atoms with van der Waals surface area (Å²) in [4.78, 5) is 0. The Morgan fingerprint density at radius 1 is 1.06 bits per heavy atom. The molecule has 192 valence electrons. The van der Waals surface area contributed by atoms with Gasteiger partial charge in [0, 0.05) is 17.5 Å². The van der Waals surface area contributed by atoms with Gasteiger partial charge in [0.05, 0.1) is 23.5 Å². The van der Waals surface area contributed by atoms with Gasteiger partial charge in [-0.3, -0.25) is 0 Å². The van der Waals surface area contributed by atoms with E-state index in [9.17, 15) is 17.6 Å². The summed E-state index contributed by atoms with van der Waals surface area (Å²) in [6, 6.07) is 5.91. The fraction of sp³-hybridized carbons (Fsp3) is 0.552. The first-order chi connectivity index (χ1) is 17.2. The smallest absolute Gasteiger partial charge is 0.310 e. The fourth-order valence-electron chi connectivity index (χ4n) is 7.34. The molecule has 1 N–H and O–H groups in total. The largest absolute Gasteiger partial charge is 0.393 e. The zero-order chi connectivity index (χ0) is 25.1. The number of allylic oxidation sites excluding steroid dienone is 2. The number of alkyl halides is 3. The van der Waals surface area contributed by atoms with Gasteiger partial charge < -0.3 is 5.32 Å². The maximum Gasteiger partial charge on any atom is 0.393 e. The first-order valence-corrected chi connectivity index (χ1v) is 13.3. The van der Waals surface area contributed by atoms with Crippen LogP contribution in [0.15, 0.2) is 47.7 Å². The molecule has 2 fully saturated rings. The second-order valence-electron chi connectivity index (χ2n) is 11.3. The van der Waals surface area contributed by atoms with Crippen molar-refractivity contribution in [1.82, 2.24) is 15.1 Å². The molecular formula is C29H33F4N3. The molecule has 2 saturated carbocycles. The SMILES string of the molecule is C[C@]12Cc3cnn(-c4ccc(F)cc4)c3C=C1CC[C@H]1C2=CC[C@@H](C(F)(F)F)[C@@H]1NC1CCCCC1. The monoisotopic (exact) mass is 499 g/mol. The molecule has 4 aliphatic rings. The van der Waals surface area contributed by atoms with Gasteiger partial charge in [0.2, 0.25) is 0 Å². The molecule has 1 aromatic heterocycles. The molecule has 6 rings (SSSR count). The summed E-state index contributed by atoms with van der Waals surface area (Å²) in [5.74, 6) is -1.73. The van der Waals surface area contributed by atoms with Gasteiger partial charge in [-0.25, -0.2) is 9.07 Å². The Morgan fingerprint density at radius 2 is 1.81 bits per heavy atom. The lowest BCUT2D eigenvalue weighted by Crippen LogP contribution is -2.56. The molecule has 7 heteroatoms. The molecule has 2 aromatic rings. The number of nitrogens with zero attached hydrogens (tertiary/aromatic N) is 2. The maximum atomic E-state index is 14.2. The molecule has 0 spiro atoms. The lowest BCUT2D eigenvalue weighted by molar-refractivity contribution is -0.188. The van der Waals surface area contributed by atoms with E-state index in [1.54, 1.807) is 12.1 Å². The Hall–Kier alpha value is -2.41. The summed E-state index contributed by atoms with van der Waals surface area (Å²) in [6.45, 7) is 2.21. The summed E-state index contributed by atoms with van der Waals surface area (Å²) < 4.78 is 57.9. The highest BCUT2D eigenvalue weighted by atomic mass is 19.4. The molecule has 0 amide bonds. The Bertz CT molecular complexity index is 1190. The number of nitrogens with one attached hydrogen (secondary N) is 1. The van der Waals surface area contributed by atoms with Crippen LogP contribution in [-0.2, 0) is 6.42 Å². The minimum absolute atomic E-state index is 0.0459. The van der Waals surface area contributed by atoms with E-state index in [0.717, 1.165) is 61.9 Å². The van der Waals surface area contributed by atoms with Gasteiger partial charge in [0.15, 0.2) is 0 Å². The van der Waals surface area contributed by atoms with Gasteiger partial charge in [-0.15, -0.1) is 0 Å². The standard InChI is InChI=1S/C29H33F4N3/c1-28-16-18-17-34-36(22-10-8-20(30)9-11-22)26(18)15-19(28)7-12-23-24(28)13-14-25(29(31,32)33)27(23)35-21-5-3-2-4-6-21/h8-11,13,15,17,21,23,25,27,35H,2-7,12,14,16H2,1H3/t23-,25+,27+,28-/m0/s1. The third-order valence-electron chi connectivity index (χ3n) is 9.19. The van der Waals surface area contributed by atoms with Gasteiger partial charge in [-0.1, -0.05) is 43.4 Å². The fourth-order valence-corrected chi connectivity index (χ4v) is 7.34. The molecule has 0 aliphatic heterocycles. The minimum atomic E-state index is -4.21. The molecule has 0 bridgehead atoms. The van der Waals surface area contributed by atoms with Crippen molar-refractivity contribution in [1.29, 1.82) is 0 Å². The Labute approximate surface area is 209 Å². The number of hydrogen-bond donors (Lipinski definition) is 1. The van der Waals surface area contributed by atoms with Crippen LogP contribution in [0, 0.1) is 23.1 Å². The van der Waals surface area contributed by atoms with Crippen LogP contribution < -0.4 is 5.32 Å². The second-order valence-corrected chi connectivity index (χ2v) is 11.3. The van der Waals surface area contributed by atoms with Crippen LogP contribution >= 0.6 is 0 Å². The van der Waals surface area contributed by atoms with Crippen molar-refractivity contribution in [2.45, 2.75) is 83.0 Å². The number of fused-ring (bicyclic) bond motifs is 4. The highest BCUT2D eigenvalue weighted by Gasteiger charge is 2.54. The van der Waals surface area contributed by atoms with E-state index in [-0.39, 0.29) is 29.6 Å². The normalized spacial score (nSPS) is 30.6. The Kier molecular flexibility index (Phi) is 5.90. The van der Waals surface area contributed by atoms with Crippen LogP contribution in [0.4, 0.5) is 17.6 Å². The van der Waals surface area contributed by atoms with Gasteiger partial charge >= 0.3 is 6.18 Å². The number of halogens is 4. The molecule has 1 aromatic carbocycles. The lowest BCUT2D eigenvalue weighted by atomic mass is 9.55. The van der Waals surface area contributed by atoms with Crippen LogP contribution in [0.25, 0.3) is 11.8 Å². The predicted octanol–water partition coefficient (Wildman–Crippen LogP) is 7.17. The first kappa shape index (κ1) is 24.0. The van der Waals surface area contributed by atoms with Crippen LogP contribution in [0.3, 0.4) is 0 Å². The van der Waals surface area contributed by atoms with E-state index in [1.807, 2.05) is 17.0 Å². The van der Waals surface area contributed by atoms with Crippen molar-refractivity contribution < 1.29 is 17.6 Å². The van der Waals surface area contributed by atoms with Gasteiger partial charge in [0.25, 0.3) is 0 Å². The second kappa shape index (κ2) is 8.86. The number of hydrogen-bond acceptors (Lipinski definition) is 2. The molecule has 0 saturated heterocycles. The topological polar surface area (TPSA) is 29.9 Å². The Balaban J connectivity index is 1.34. The predicted molar refractivity (Wildman–Crippen MR) is 132 cm³/mol. The van der Waals surface area contributed by atoms with E-state index in [4.69, 9.17) is 0 Å². The molecular weight excluding hydrogens is 466 g/mol. The average molecular weight is 500 g/mol. The molecule has 3 nitrogen and oxygen atoms in total. The summed E-state index contributed by atoms with van der Waals surface area (Å²) in [5, 5.41) is 8.14. The summed E-state index contributed by atoms with van der Waals surface area (Å²) in [7, 11) is 0. The average Bonchev–Trinajstić information content (AvgIpc) is 3.25. The number of benzene rings is 1. The van der Waals surface area contributed by atoms with E-state index >= 15 is 0 Å². The van der Waals surface area contributed by atoms with Crippen LogP contribution in [-0.4, -0.2) is 28.0 Å². The summed E-state index contributed by atoms with van der Waals surface area (Å²) in [5.41, 5.74) is 5.02. The van der Waals surface area contributed by atoms with Crippen molar-refractivity contribution >= 4 is 6.08 Å². The van der Waals surface area contributed by atoms with Gasteiger partial charge in [-0.05, 0) is 80.3 Å². The third kappa shape index (κ3) is 4.04. The van der Waals surface area contributed by atoms with Crippen LogP contribution in [0.1, 0.15) is 69.5 Å². The summed E-state index contributed by atoms with van der Waals surface area (Å²) >= 11 is 0. The minimum Gasteiger partial charge on any atom is -0.310 e. The number of aromatic nitrogens is 2. The highest BCUT2D eigenvalue weighted by Crippen LogP contribution is 2.57. The lowest BCUT2D eigenvalue weighted by Gasteiger charge is -2.52. The number of rotatable bonds is 3. The van der Waals surface area contributed by atoms with Gasteiger partial charge in [-0.2, -0.15) is 18.3 Å². The molecule has 4 aliphatic carbocycles. The maximum absolute atomic E-state index is 14.2. The van der Waals surface area contributed by atoms with E-state index in [2.05, 4.69) is 23.4 Å². The van der Waals surface area contributed by atoms with E-state index < -0.39 is 18.1 Å². The highest BCUT2D eigenvalue weighted by molar-refractivity contribution is 5.63.